The topological polar surface area (TPSA) is 69.6 Å². The number of unbranched alkanes of at least 4 members (excludes halogenated alkanes) is 25. The zero-order valence-electron chi connectivity index (χ0n) is 30.8. The second-order valence-electron chi connectivity index (χ2n) is 13.7. The molecule has 0 heterocycles. The predicted molar refractivity (Wildman–Crippen MR) is 202 cm³/mol. The van der Waals surface area contributed by atoms with Crippen molar-refractivity contribution in [2.24, 2.45) is 0 Å². The summed E-state index contributed by atoms with van der Waals surface area (Å²) in [5.74, 6) is -0.0840. The summed E-state index contributed by atoms with van der Waals surface area (Å²) in [4.78, 5) is 12.3. The summed E-state index contributed by atoms with van der Waals surface area (Å²) in [5.41, 5.74) is 0. The second-order valence-corrected chi connectivity index (χ2v) is 13.7. The van der Waals surface area contributed by atoms with Gasteiger partial charge in [-0.1, -0.05) is 179 Å². The number of hydrogen-bond donors (Lipinski definition) is 3. The Kier molecular flexibility index (Phi) is 36.9. The molecule has 2 atom stereocenters. The van der Waals surface area contributed by atoms with Crippen molar-refractivity contribution < 1.29 is 15.0 Å². The van der Waals surface area contributed by atoms with Crippen LogP contribution in [0.1, 0.15) is 206 Å². The zero-order valence-corrected chi connectivity index (χ0v) is 30.8. The molecule has 0 aromatic rings. The lowest BCUT2D eigenvalue weighted by atomic mass is 10.0. The number of hydrogen-bond acceptors (Lipinski definition) is 3. The molecule has 0 radical (unpaired) electrons. The van der Waals surface area contributed by atoms with Gasteiger partial charge in [-0.05, 0) is 57.8 Å². The van der Waals surface area contributed by atoms with E-state index >= 15 is 0 Å². The molecule has 0 aliphatic rings. The summed E-state index contributed by atoms with van der Waals surface area (Å²) in [6, 6.07) is -0.641. The summed E-state index contributed by atoms with van der Waals surface area (Å²) >= 11 is 0. The van der Waals surface area contributed by atoms with E-state index in [-0.39, 0.29) is 12.5 Å². The summed E-state index contributed by atoms with van der Waals surface area (Å²) in [6.45, 7) is 4.27. The highest BCUT2D eigenvalue weighted by Gasteiger charge is 2.17. The van der Waals surface area contributed by atoms with Crippen molar-refractivity contribution in [2.45, 2.75) is 219 Å². The molecular formula is C42H79NO3. The Morgan fingerprint density at radius 3 is 1.28 bits per heavy atom. The van der Waals surface area contributed by atoms with Gasteiger partial charge in [0.25, 0.3) is 0 Å². The van der Waals surface area contributed by atoms with Crippen LogP contribution in [-0.4, -0.2) is 34.9 Å². The quantitative estimate of drug-likeness (QED) is 0.0469. The molecule has 0 aliphatic carbocycles. The van der Waals surface area contributed by atoms with Crippen LogP contribution in [0.3, 0.4) is 0 Å². The summed E-state index contributed by atoms with van der Waals surface area (Å²) in [5, 5.41) is 22.9. The Labute approximate surface area is 287 Å². The van der Waals surface area contributed by atoms with Crippen molar-refractivity contribution in [3.8, 4) is 0 Å². The maximum absolute atomic E-state index is 12.3. The van der Waals surface area contributed by atoms with Gasteiger partial charge in [-0.15, -0.1) is 0 Å². The van der Waals surface area contributed by atoms with Crippen LogP contribution < -0.4 is 5.32 Å². The summed E-state index contributed by atoms with van der Waals surface area (Å²) in [7, 11) is 0. The average molecular weight is 646 g/mol. The molecule has 4 heteroatoms. The first kappa shape index (κ1) is 44.6. The first-order valence-corrected chi connectivity index (χ1v) is 20.2. The largest absolute Gasteiger partial charge is 0.394 e. The van der Waals surface area contributed by atoms with Gasteiger partial charge in [0, 0.05) is 6.42 Å². The third-order valence-electron chi connectivity index (χ3n) is 9.10. The van der Waals surface area contributed by atoms with Gasteiger partial charge in [0.1, 0.15) is 0 Å². The first-order valence-electron chi connectivity index (χ1n) is 20.2. The second kappa shape index (κ2) is 38.1. The molecule has 2 unspecified atom stereocenters. The van der Waals surface area contributed by atoms with Crippen LogP contribution in [0.25, 0.3) is 0 Å². The number of carbonyl (C=O) groups is 1. The Bertz CT molecular complexity index is 701. The van der Waals surface area contributed by atoms with Gasteiger partial charge in [-0.25, -0.2) is 0 Å². The van der Waals surface area contributed by atoms with E-state index in [1.807, 2.05) is 6.08 Å². The monoisotopic (exact) mass is 646 g/mol. The van der Waals surface area contributed by atoms with E-state index in [0.29, 0.717) is 6.42 Å². The molecular weight excluding hydrogens is 566 g/mol. The molecule has 1 amide bonds. The fraction of sp³-hybridized carbons (Fsp3) is 0.833. The van der Waals surface area contributed by atoms with E-state index in [1.165, 1.54) is 141 Å². The summed E-state index contributed by atoms with van der Waals surface area (Å²) < 4.78 is 0. The number of carbonyl (C=O) groups excluding carboxylic acids is 1. The van der Waals surface area contributed by atoms with E-state index < -0.39 is 12.1 Å². The van der Waals surface area contributed by atoms with Crippen LogP contribution in [0.5, 0.6) is 0 Å². The Morgan fingerprint density at radius 2 is 0.848 bits per heavy atom. The van der Waals surface area contributed by atoms with E-state index in [2.05, 4.69) is 43.5 Å². The lowest BCUT2D eigenvalue weighted by molar-refractivity contribution is -0.123. The fourth-order valence-corrected chi connectivity index (χ4v) is 5.95. The first-order chi connectivity index (χ1) is 22.7. The Balaban J connectivity index is 3.63. The van der Waals surface area contributed by atoms with Gasteiger partial charge >= 0.3 is 0 Å². The van der Waals surface area contributed by atoms with Crippen LogP contribution in [0, 0.1) is 0 Å². The number of rotatable bonds is 36. The number of amides is 1. The SMILES string of the molecule is CCCCCC/C=C\CCCCCCCC(=O)NC(CO)C(O)/C=C/CC/C=C/CCCCCCCCCCCCCCCCC. The van der Waals surface area contributed by atoms with Crippen molar-refractivity contribution in [2.75, 3.05) is 6.61 Å². The average Bonchev–Trinajstić information content (AvgIpc) is 3.06. The highest BCUT2D eigenvalue weighted by molar-refractivity contribution is 5.76. The molecule has 3 N–H and O–H groups in total. The smallest absolute Gasteiger partial charge is 0.220 e. The number of aliphatic hydroxyl groups excluding tert-OH is 2. The normalized spacial score (nSPS) is 13.4. The lowest BCUT2D eigenvalue weighted by Gasteiger charge is -2.19. The van der Waals surface area contributed by atoms with Crippen LogP contribution in [0.4, 0.5) is 0 Å². The molecule has 0 rings (SSSR count). The maximum atomic E-state index is 12.3. The highest BCUT2D eigenvalue weighted by atomic mass is 16.3. The van der Waals surface area contributed by atoms with Crippen molar-refractivity contribution in [3.63, 3.8) is 0 Å². The molecule has 0 saturated carbocycles. The molecule has 0 bridgehead atoms. The molecule has 0 aromatic heterocycles. The van der Waals surface area contributed by atoms with Crippen molar-refractivity contribution in [3.05, 3.63) is 36.5 Å². The molecule has 0 aromatic carbocycles. The minimum Gasteiger partial charge on any atom is -0.394 e. The Hall–Kier alpha value is -1.39. The van der Waals surface area contributed by atoms with Crippen LogP contribution in [0.2, 0.25) is 0 Å². The van der Waals surface area contributed by atoms with Crippen molar-refractivity contribution in [1.29, 1.82) is 0 Å². The molecule has 0 spiro atoms. The van der Waals surface area contributed by atoms with Gasteiger partial charge in [0.05, 0.1) is 18.8 Å². The van der Waals surface area contributed by atoms with Gasteiger partial charge in [-0.3, -0.25) is 4.79 Å². The van der Waals surface area contributed by atoms with Gasteiger partial charge < -0.3 is 15.5 Å². The number of allylic oxidation sites excluding steroid dienone is 5. The van der Waals surface area contributed by atoms with Crippen LogP contribution in [-0.2, 0) is 4.79 Å². The van der Waals surface area contributed by atoms with E-state index in [0.717, 1.165) is 44.9 Å². The molecule has 270 valence electrons. The van der Waals surface area contributed by atoms with Crippen LogP contribution >= 0.6 is 0 Å². The molecule has 4 nitrogen and oxygen atoms in total. The molecule has 0 saturated heterocycles. The van der Waals surface area contributed by atoms with E-state index in [9.17, 15) is 15.0 Å². The van der Waals surface area contributed by atoms with Gasteiger partial charge in [0.15, 0.2) is 0 Å². The standard InChI is InChI=1S/C42H79NO3/c1-3-5-7-9-11-13-15-17-18-19-20-21-22-23-24-26-27-29-31-33-35-37-41(45)40(39-44)43-42(46)38-36-34-32-30-28-25-16-14-12-10-8-6-4-2/h14,16,27,29,35,37,40-41,44-45H,3-13,15,17-26,28,30-34,36,38-39H2,1-2H3,(H,43,46)/b16-14-,29-27+,37-35+. The van der Waals surface area contributed by atoms with Gasteiger partial charge in [0.2, 0.25) is 5.91 Å². The summed E-state index contributed by atoms with van der Waals surface area (Å²) in [6.07, 6.45) is 49.6. The van der Waals surface area contributed by atoms with Crippen LogP contribution in [0.15, 0.2) is 36.5 Å². The van der Waals surface area contributed by atoms with Crippen molar-refractivity contribution in [1.82, 2.24) is 5.32 Å². The van der Waals surface area contributed by atoms with Gasteiger partial charge in [-0.2, -0.15) is 0 Å². The Morgan fingerprint density at radius 1 is 0.500 bits per heavy atom. The minimum atomic E-state index is -0.863. The maximum Gasteiger partial charge on any atom is 0.220 e. The molecule has 46 heavy (non-hydrogen) atoms. The third kappa shape index (κ3) is 34.0. The highest BCUT2D eigenvalue weighted by Crippen LogP contribution is 2.14. The number of nitrogens with one attached hydrogen (secondary N) is 1. The molecule has 0 aliphatic heterocycles. The molecule has 0 fully saturated rings. The van der Waals surface area contributed by atoms with Crippen molar-refractivity contribution >= 4 is 5.91 Å². The van der Waals surface area contributed by atoms with E-state index in [4.69, 9.17) is 0 Å². The third-order valence-corrected chi connectivity index (χ3v) is 9.10. The minimum absolute atomic E-state index is 0.0840. The predicted octanol–water partition coefficient (Wildman–Crippen LogP) is 12.2. The van der Waals surface area contributed by atoms with E-state index in [1.54, 1.807) is 6.08 Å². The zero-order chi connectivity index (χ0) is 33.6. The number of aliphatic hydroxyl groups is 2. The fourth-order valence-electron chi connectivity index (χ4n) is 5.95. The lowest BCUT2D eigenvalue weighted by Crippen LogP contribution is -2.45.